The summed E-state index contributed by atoms with van der Waals surface area (Å²) in [5.74, 6) is 0.246. The summed E-state index contributed by atoms with van der Waals surface area (Å²) in [6.07, 6.45) is 0. The van der Waals surface area contributed by atoms with Crippen molar-refractivity contribution in [1.29, 1.82) is 0 Å². The van der Waals surface area contributed by atoms with Crippen LogP contribution in [0.4, 0.5) is 0 Å². The molecule has 1 saturated heterocycles. The van der Waals surface area contributed by atoms with E-state index in [4.69, 9.17) is 4.98 Å². The zero-order valence-corrected chi connectivity index (χ0v) is 16.5. The van der Waals surface area contributed by atoms with E-state index in [9.17, 15) is 4.79 Å². The Kier molecular flexibility index (Phi) is 6.77. The number of piperazine rings is 1. The highest BCUT2D eigenvalue weighted by atomic mass is 32.1. The Morgan fingerprint density at radius 3 is 2.38 bits per heavy atom. The van der Waals surface area contributed by atoms with Crippen molar-refractivity contribution in [3.63, 3.8) is 0 Å². The first-order valence-corrected chi connectivity index (χ1v) is 10.3. The van der Waals surface area contributed by atoms with Crippen LogP contribution in [0.3, 0.4) is 0 Å². The lowest BCUT2D eigenvalue weighted by atomic mass is 10.2. The van der Waals surface area contributed by atoms with Crippen LogP contribution in [0.15, 0.2) is 35.7 Å². The van der Waals surface area contributed by atoms with E-state index >= 15 is 0 Å². The van der Waals surface area contributed by atoms with Crippen LogP contribution in [0, 0.1) is 0 Å². The number of carbonyl (C=O) groups is 1. The lowest BCUT2D eigenvalue weighted by Crippen LogP contribution is -2.49. The Morgan fingerprint density at radius 1 is 1.08 bits per heavy atom. The molecule has 0 atom stereocenters. The van der Waals surface area contributed by atoms with Crippen molar-refractivity contribution in [3.8, 4) is 10.6 Å². The first kappa shape index (κ1) is 19.0. The van der Waals surface area contributed by atoms with Gasteiger partial charge in [0, 0.05) is 56.8 Å². The number of likely N-dealkylation sites (N-methyl/N-ethyl adjacent to an activating group) is 1. The molecule has 2 heterocycles. The normalized spacial score (nSPS) is 15.9. The van der Waals surface area contributed by atoms with Gasteiger partial charge in [0.25, 0.3) is 0 Å². The van der Waals surface area contributed by atoms with E-state index in [0.717, 1.165) is 56.5 Å². The van der Waals surface area contributed by atoms with E-state index in [0.29, 0.717) is 6.54 Å². The van der Waals surface area contributed by atoms with Crippen molar-refractivity contribution >= 4 is 17.2 Å². The van der Waals surface area contributed by atoms with Gasteiger partial charge in [-0.05, 0) is 13.8 Å². The number of aromatic nitrogens is 1. The molecule has 1 amide bonds. The van der Waals surface area contributed by atoms with Crippen LogP contribution in [-0.2, 0) is 11.3 Å². The number of carbonyl (C=O) groups excluding carboxylic acids is 1. The largest absolute Gasteiger partial charge is 0.342 e. The van der Waals surface area contributed by atoms with Gasteiger partial charge in [0.05, 0.1) is 12.2 Å². The van der Waals surface area contributed by atoms with E-state index < -0.39 is 0 Å². The van der Waals surface area contributed by atoms with Crippen molar-refractivity contribution in [3.05, 3.63) is 41.4 Å². The maximum atomic E-state index is 12.2. The maximum absolute atomic E-state index is 12.2. The molecule has 0 saturated carbocycles. The highest BCUT2D eigenvalue weighted by Gasteiger charge is 2.21. The third-order valence-corrected chi connectivity index (χ3v) is 5.84. The monoisotopic (exact) mass is 372 g/mol. The Labute approximate surface area is 160 Å². The molecule has 0 aliphatic carbocycles. The van der Waals surface area contributed by atoms with Crippen molar-refractivity contribution < 1.29 is 4.79 Å². The van der Waals surface area contributed by atoms with Gasteiger partial charge in [0.1, 0.15) is 5.01 Å². The Balaban J connectivity index is 1.47. The van der Waals surface area contributed by atoms with Gasteiger partial charge in [-0.25, -0.2) is 4.98 Å². The summed E-state index contributed by atoms with van der Waals surface area (Å²) in [5, 5.41) is 3.25. The predicted octanol–water partition coefficient (Wildman–Crippen LogP) is 2.80. The average molecular weight is 373 g/mol. The van der Waals surface area contributed by atoms with Gasteiger partial charge < -0.3 is 4.90 Å². The summed E-state index contributed by atoms with van der Waals surface area (Å²) in [4.78, 5) is 23.6. The molecule has 0 unspecified atom stereocenters. The van der Waals surface area contributed by atoms with Gasteiger partial charge in [0.15, 0.2) is 0 Å². The third-order valence-electron chi connectivity index (χ3n) is 4.90. The molecule has 26 heavy (non-hydrogen) atoms. The molecule has 1 aromatic carbocycles. The maximum Gasteiger partial charge on any atom is 0.236 e. The van der Waals surface area contributed by atoms with E-state index in [2.05, 4.69) is 39.4 Å². The molecule has 1 aliphatic heterocycles. The molecule has 1 aromatic heterocycles. The number of rotatable bonds is 7. The Bertz CT molecular complexity index is 691. The molecule has 0 spiro atoms. The number of amides is 1. The molecule has 1 fully saturated rings. The fourth-order valence-corrected chi connectivity index (χ4v) is 4.11. The van der Waals surface area contributed by atoms with E-state index in [1.54, 1.807) is 11.3 Å². The number of thiazole rings is 1. The van der Waals surface area contributed by atoms with Crippen LogP contribution in [0.2, 0.25) is 0 Å². The highest BCUT2D eigenvalue weighted by Crippen LogP contribution is 2.24. The molecular formula is C20H28N4OS. The fourth-order valence-electron chi connectivity index (χ4n) is 3.30. The fraction of sp³-hybridized carbons (Fsp3) is 0.500. The molecule has 6 heteroatoms. The second-order valence-corrected chi connectivity index (χ2v) is 7.49. The van der Waals surface area contributed by atoms with Crippen LogP contribution >= 0.6 is 11.3 Å². The summed E-state index contributed by atoms with van der Waals surface area (Å²) in [6, 6.07) is 10.3. The van der Waals surface area contributed by atoms with Gasteiger partial charge in [-0.3, -0.25) is 14.6 Å². The summed E-state index contributed by atoms with van der Waals surface area (Å²) < 4.78 is 0. The van der Waals surface area contributed by atoms with Crippen LogP contribution in [0.25, 0.3) is 10.6 Å². The minimum Gasteiger partial charge on any atom is -0.342 e. The summed E-state index contributed by atoms with van der Waals surface area (Å²) in [5.41, 5.74) is 2.32. The molecule has 1 aliphatic rings. The van der Waals surface area contributed by atoms with E-state index in [1.807, 2.05) is 24.8 Å². The van der Waals surface area contributed by atoms with E-state index in [-0.39, 0.29) is 5.91 Å². The molecule has 0 N–H and O–H groups in total. The second-order valence-electron chi connectivity index (χ2n) is 6.63. The first-order chi connectivity index (χ1) is 12.7. The van der Waals surface area contributed by atoms with Gasteiger partial charge in [0.2, 0.25) is 5.91 Å². The van der Waals surface area contributed by atoms with Crippen LogP contribution in [0.1, 0.15) is 19.5 Å². The predicted molar refractivity (Wildman–Crippen MR) is 107 cm³/mol. The van der Waals surface area contributed by atoms with Crippen molar-refractivity contribution in [2.75, 3.05) is 45.8 Å². The minimum absolute atomic E-state index is 0.246. The standard InChI is InChI=1S/C20H28N4OS/c1-3-24(4-2)19(25)15-23-12-10-22(11-13-23)14-18-16-26-20(21-18)17-8-6-5-7-9-17/h5-9,16H,3-4,10-15H2,1-2H3. The first-order valence-electron chi connectivity index (χ1n) is 9.42. The lowest BCUT2D eigenvalue weighted by molar-refractivity contribution is -0.132. The second kappa shape index (κ2) is 9.26. The molecule has 5 nitrogen and oxygen atoms in total. The van der Waals surface area contributed by atoms with Crippen LogP contribution in [0.5, 0.6) is 0 Å². The number of hydrogen-bond donors (Lipinski definition) is 0. The zero-order chi connectivity index (χ0) is 18.4. The summed E-state index contributed by atoms with van der Waals surface area (Å²) in [7, 11) is 0. The van der Waals surface area contributed by atoms with Crippen molar-refractivity contribution in [1.82, 2.24) is 19.7 Å². The minimum atomic E-state index is 0.246. The molecule has 0 radical (unpaired) electrons. The highest BCUT2D eigenvalue weighted by molar-refractivity contribution is 7.13. The van der Waals surface area contributed by atoms with Gasteiger partial charge >= 0.3 is 0 Å². The number of benzene rings is 1. The Hall–Kier alpha value is -1.76. The smallest absolute Gasteiger partial charge is 0.236 e. The topological polar surface area (TPSA) is 39.7 Å². The van der Waals surface area contributed by atoms with Crippen LogP contribution in [-0.4, -0.2) is 71.4 Å². The number of nitrogens with zero attached hydrogens (tertiary/aromatic N) is 4. The summed E-state index contributed by atoms with van der Waals surface area (Å²) >= 11 is 1.71. The molecule has 0 bridgehead atoms. The quantitative estimate of drug-likeness (QED) is 0.749. The van der Waals surface area contributed by atoms with E-state index in [1.165, 1.54) is 5.56 Å². The lowest BCUT2D eigenvalue weighted by Gasteiger charge is -2.34. The molecular weight excluding hydrogens is 344 g/mol. The molecule has 140 valence electrons. The van der Waals surface area contributed by atoms with Crippen molar-refractivity contribution in [2.24, 2.45) is 0 Å². The van der Waals surface area contributed by atoms with Gasteiger partial charge in [-0.1, -0.05) is 30.3 Å². The van der Waals surface area contributed by atoms with Gasteiger partial charge in [-0.15, -0.1) is 11.3 Å². The summed E-state index contributed by atoms with van der Waals surface area (Å²) in [6.45, 7) is 11.0. The number of hydrogen-bond acceptors (Lipinski definition) is 5. The average Bonchev–Trinajstić information content (AvgIpc) is 3.14. The SMILES string of the molecule is CCN(CC)C(=O)CN1CCN(Cc2csc(-c3ccccc3)n2)CC1. The molecule has 3 rings (SSSR count). The Morgan fingerprint density at radius 2 is 1.73 bits per heavy atom. The third kappa shape index (κ3) is 4.90. The van der Waals surface area contributed by atoms with Crippen LogP contribution < -0.4 is 0 Å². The van der Waals surface area contributed by atoms with Crippen molar-refractivity contribution in [2.45, 2.75) is 20.4 Å². The zero-order valence-electron chi connectivity index (χ0n) is 15.7. The van der Waals surface area contributed by atoms with Gasteiger partial charge in [-0.2, -0.15) is 0 Å². The molecule has 2 aromatic rings.